The number of aromatic hydroxyl groups is 1. The largest absolute Gasteiger partial charge is 0.494 e. The van der Waals surface area contributed by atoms with Gasteiger partial charge in [0.15, 0.2) is 5.78 Å². The van der Waals surface area contributed by atoms with E-state index < -0.39 is 64.2 Å². The number of aromatic carboxylic acids is 1. The number of nitrogens with one attached hydrogen (secondary N) is 4. The van der Waals surface area contributed by atoms with Gasteiger partial charge in [-0.2, -0.15) is 9.59 Å². The molecule has 3 aromatic carbocycles. The summed E-state index contributed by atoms with van der Waals surface area (Å²) in [5.41, 5.74) is -2.12. The maximum absolute atomic E-state index is 13.9. The van der Waals surface area contributed by atoms with Crippen LogP contribution < -0.4 is 32.1 Å². The van der Waals surface area contributed by atoms with Gasteiger partial charge in [-0.05, 0) is 110 Å². The molecule has 374 valence electrons. The van der Waals surface area contributed by atoms with Crippen molar-refractivity contribution in [2.75, 3.05) is 35.9 Å². The second-order valence-electron chi connectivity index (χ2n) is 15.2. The Morgan fingerprint density at radius 3 is 2.03 bits per heavy atom. The molecule has 1 aliphatic rings. The summed E-state index contributed by atoms with van der Waals surface area (Å²) in [7, 11) is 1.51. The molecule has 0 saturated carbocycles. The standard InChI is InChI=1S/C49H43N7O14.CO2/c1-28(57)36-16-15-31(25-39(36)46(64)65)47(66)70-24-6-12-41(59)52-33-8-4-10-35(27-33)56-45(63)38(43(61)54-49(56)68)18-14-29(30-19-21-50-22-20-30)13-17-37-42(60)53-48(67)55(44(37)62)34-9-3-7-32(26-34)51-40(58)11-5-23-69-2;2-1-3/h3-4,7-10,13-22,25-27,61H,5-6,11-12,23-24H2,1-2H3,(H,51,58)(H,52,59)(H,54,68)(H,64,65)(H,53,60,67);. The van der Waals surface area contributed by atoms with E-state index in [1.54, 1.807) is 18.2 Å². The van der Waals surface area contributed by atoms with E-state index in [2.05, 4.69) is 25.9 Å². The van der Waals surface area contributed by atoms with Crippen molar-refractivity contribution in [3.63, 3.8) is 0 Å². The topological polar surface area (TPSA) is 337 Å². The fourth-order valence-corrected chi connectivity index (χ4v) is 6.88. The van der Waals surface area contributed by atoms with Crippen LogP contribution in [0.1, 0.15) is 74.8 Å². The molecule has 0 aliphatic carbocycles. The molecule has 0 atom stereocenters. The van der Waals surface area contributed by atoms with Crippen LogP contribution in [0.25, 0.3) is 17.3 Å². The number of carbonyl (C=O) groups is 8. The van der Waals surface area contributed by atoms with Crippen LogP contribution in [0.2, 0.25) is 0 Å². The van der Waals surface area contributed by atoms with Gasteiger partial charge in [-0.1, -0.05) is 24.3 Å². The van der Waals surface area contributed by atoms with Gasteiger partial charge in [-0.25, -0.2) is 28.6 Å². The van der Waals surface area contributed by atoms with Crippen LogP contribution in [-0.2, 0) is 38.2 Å². The maximum atomic E-state index is 13.9. The van der Waals surface area contributed by atoms with Crippen LogP contribution in [0, 0.1) is 0 Å². The number of carboxylic acids is 1. The predicted octanol–water partition coefficient (Wildman–Crippen LogP) is 4.19. The molecule has 1 aliphatic heterocycles. The number of pyridine rings is 1. The average molecular weight is 998 g/mol. The van der Waals surface area contributed by atoms with E-state index in [1.165, 1.54) is 99.3 Å². The monoisotopic (exact) mass is 997 g/mol. The molecule has 6 rings (SSSR count). The van der Waals surface area contributed by atoms with Crippen molar-refractivity contribution in [2.24, 2.45) is 0 Å². The van der Waals surface area contributed by atoms with Crippen molar-refractivity contribution in [1.82, 2.24) is 19.9 Å². The molecule has 0 radical (unpaired) electrons. The zero-order valence-corrected chi connectivity index (χ0v) is 38.7. The first-order valence-electron chi connectivity index (χ1n) is 21.6. The van der Waals surface area contributed by atoms with Crippen LogP contribution in [-0.4, -0.2) is 98.6 Å². The summed E-state index contributed by atoms with van der Waals surface area (Å²) in [4.78, 5) is 151. The van der Waals surface area contributed by atoms with Crippen LogP contribution in [0.5, 0.6) is 5.88 Å². The molecule has 6 N–H and O–H groups in total. The number of aromatic amines is 1. The molecule has 3 heterocycles. The summed E-state index contributed by atoms with van der Waals surface area (Å²) in [6.07, 6.45) is 8.78. The van der Waals surface area contributed by atoms with Crippen LogP contribution >= 0.6 is 0 Å². The third-order valence-electron chi connectivity index (χ3n) is 10.3. The number of imide groups is 2. The number of aromatic nitrogens is 3. The number of Topliss-reactive ketones (excluding diaryl/α,β-unsaturated/α-hetero) is 1. The number of hydrogen-bond donors (Lipinski definition) is 6. The van der Waals surface area contributed by atoms with Crippen molar-refractivity contribution < 1.29 is 67.6 Å². The molecule has 0 unspecified atom stereocenters. The van der Waals surface area contributed by atoms with Crippen molar-refractivity contribution in [3.8, 4) is 11.6 Å². The quantitative estimate of drug-likeness (QED) is 0.0169. The molecule has 23 nitrogen and oxygen atoms in total. The van der Waals surface area contributed by atoms with E-state index >= 15 is 0 Å². The first-order valence-corrected chi connectivity index (χ1v) is 21.6. The number of urea groups is 1. The zero-order valence-electron chi connectivity index (χ0n) is 38.7. The number of carboxylic acid groups (broad SMARTS) is 1. The lowest BCUT2D eigenvalue weighted by molar-refractivity contribution is -0.191. The van der Waals surface area contributed by atoms with E-state index in [9.17, 15) is 58.2 Å². The zero-order chi connectivity index (χ0) is 53.2. The number of methoxy groups -OCH3 is 1. The summed E-state index contributed by atoms with van der Waals surface area (Å²) in [6, 6.07) is 17.2. The van der Waals surface area contributed by atoms with E-state index in [4.69, 9.17) is 19.1 Å². The highest BCUT2D eigenvalue weighted by Crippen LogP contribution is 2.26. The van der Waals surface area contributed by atoms with E-state index in [1.807, 2.05) is 0 Å². The molecule has 0 bridgehead atoms. The van der Waals surface area contributed by atoms with Crippen LogP contribution in [0.3, 0.4) is 0 Å². The lowest BCUT2D eigenvalue weighted by atomic mass is 10.0. The number of hydrogen-bond acceptors (Lipinski definition) is 16. The Labute approximate surface area is 412 Å². The predicted molar refractivity (Wildman–Crippen MR) is 257 cm³/mol. The summed E-state index contributed by atoms with van der Waals surface area (Å²) < 4.78 is 10.9. The van der Waals surface area contributed by atoms with E-state index in [0.717, 1.165) is 17.0 Å². The number of rotatable bonds is 19. The third-order valence-corrected chi connectivity index (χ3v) is 10.3. The number of nitrogens with zero attached hydrogens (tertiary/aromatic N) is 3. The van der Waals surface area contributed by atoms with Crippen molar-refractivity contribution in [2.45, 2.75) is 32.6 Å². The van der Waals surface area contributed by atoms with Gasteiger partial charge in [0.2, 0.25) is 17.7 Å². The molecule has 5 aromatic rings. The molecule has 0 spiro atoms. The Morgan fingerprint density at radius 1 is 0.795 bits per heavy atom. The Kier molecular flexibility index (Phi) is 18.9. The summed E-state index contributed by atoms with van der Waals surface area (Å²) in [5, 5.41) is 27.7. The van der Waals surface area contributed by atoms with Gasteiger partial charge >= 0.3 is 29.8 Å². The fraction of sp³-hybridized carbons (Fsp3) is 0.160. The average Bonchev–Trinajstić information content (AvgIpc) is 3.34. The number of ether oxygens (including phenoxy) is 2. The Hall–Kier alpha value is -9.99. The molecule has 23 heteroatoms. The van der Waals surface area contributed by atoms with E-state index in [0.29, 0.717) is 28.8 Å². The maximum Gasteiger partial charge on any atom is 0.373 e. The molecule has 2 aromatic heterocycles. The first kappa shape index (κ1) is 54.0. The Morgan fingerprint density at radius 2 is 1.41 bits per heavy atom. The molecule has 73 heavy (non-hydrogen) atoms. The molecule has 6 amide bonds. The summed E-state index contributed by atoms with van der Waals surface area (Å²) in [5.74, 6) is -6.37. The minimum Gasteiger partial charge on any atom is -0.494 e. The molecule has 1 saturated heterocycles. The Bertz CT molecular complexity index is 3240. The highest BCUT2D eigenvalue weighted by molar-refractivity contribution is 6.37. The normalized spacial score (nSPS) is 12.8. The Balaban J connectivity index is 0.00000321. The lowest BCUT2D eigenvalue weighted by Crippen LogP contribution is -2.54. The van der Waals surface area contributed by atoms with Crippen LogP contribution in [0.15, 0.2) is 125 Å². The second-order valence-corrected chi connectivity index (χ2v) is 15.2. The number of H-pyrrole nitrogens is 1. The number of allylic oxidation sites excluding steroid dienone is 4. The minimum atomic E-state index is -1.39. The molecule has 1 fully saturated rings. The van der Waals surface area contributed by atoms with E-state index in [-0.39, 0.29) is 82.8 Å². The number of benzene rings is 3. The van der Waals surface area contributed by atoms with Gasteiger partial charge in [0.1, 0.15) is 11.1 Å². The third kappa shape index (κ3) is 14.3. The highest BCUT2D eigenvalue weighted by atomic mass is 16.5. The minimum absolute atomic E-state index is 0.00491. The van der Waals surface area contributed by atoms with Crippen molar-refractivity contribution in [3.05, 3.63) is 164 Å². The number of carbonyl (C=O) groups excluding carboxylic acids is 9. The molecular formula is C50H43N7O16. The number of esters is 1. The van der Waals surface area contributed by atoms with Gasteiger partial charge in [0, 0.05) is 55.9 Å². The van der Waals surface area contributed by atoms with Gasteiger partial charge in [0.25, 0.3) is 17.4 Å². The van der Waals surface area contributed by atoms with Gasteiger partial charge < -0.3 is 30.3 Å². The van der Waals surface area contributed by atoms with Gasteiger partial charge in [-0.3, -0.25) is 44.1 Å². The number of barbiturate groups is 1. The fourth-order valence-electron chi connectivity index (χ4n) is 6.88. The van der Waals surface area contributed by atoms with Crippen molar-refractivity contribution in [1.29, 1.82) is 0 Å². The van der Waals surface area contributed by atoms with Crippen molar-refractivity contribution >= 4 is 82.2 Å². The number of anilines is 3. The van der Waals surface area contributed by atoms with Gasteiger partial charge in [-0.15, -0.1) is 0 Å². The number of amides is 6. The first-order chi connectivity index (χ1) is 35.0. The summed E-state index contributed by atoms with van der Waals surface area (Å²) >= 11 is 0. The highest BCUT2D eigenvalue weighted by Gasteiger charge is 2.36. The second kappa shape index (κ2) is 25.6. The number of ketones is 1. The SMILES string of the molecule is COCCCC(=O)Nc1cccc(N2C(=O)NC(=O)C(=CC=C(C=Cc3c(O)[nH]c(=O)n(-c4cccc(NC(=O)CCCOC(=O)c5ccc(C(C)=O)c(C(=O)O)c5)c4)c3=O)c3ccncc3)C2=O)c1.O=C=O. The molecular weight excluding hydrogens is 955 g/mol. The smallest absolute Gasteiger partial charge is 0.373 e. The van der Waals surface area contributed by atoms with Crippen LogP contribution in [0.4, 0.5) is 21.9 Å². The van der Waals surface area contributed by atoms with Gasteiger partial charge in [0.05, 0.1) is 29.1 Å². The summed E-state index contributed by atoms with van der Waals surface area (Å²) in [6.45, 7) is 1.36. The lowest BCUT2D eigenvalue weighted by Gasteiger charge is -2.26.